The molecule has 2 N–H and O–H groups in total. The molecule has 1 aromatic carbocycles. The van der Waals surface area contributed by atoms with Crippen molar-refractivity contribution in [2.24, 2.45) is 0 Å². The van der Waals surface area contributed by atoms with Crippen molar-refractivity contribution in [3.8, 4) is 5.75 Å². The van der Waals surface area contributed by atoms with Gasteiger partial charge in [-0.3, -0.25) is 14.3 Å². The first-order valence-corrected chi connectivity index (χ1v) is 6.47. The fourth-order valence-electron chi connectivity index (χ4n) is 1.82. The summed E-state index contributed by atoms with van der Waals surface area (Å²) < 4.78 is 30.3. The number of carbonyl (C=O) groups is 2. The summed E-state index contributed by atoms with van der Waals surface area (Å²) in [6.45, 7) is -1.73. The number of rotatable bonds is 6. The number of aliphatic carboxylic acids is 1. The lowest BCUT2D eigenvalue weighted by Crippen LogP contribution is -2.16. The van der Waals surface area contributed by atoms with Gasteiger partial charge in [0.1, 0.15) is 12.3 Å². The van der Waals surface area contributed by atoms with E-state index in [4.69, 9.17) is 5.11 Å². The quantitative estimate of drug-likeness (QED) is 0.848. The van der Waals surface area contributed by atoms with Crippen molar-refractivity contribution < 1.29 is 28.2 Å². The standard InChI is InChI=1S/C14H13F2N3O4/c1-8-2-3-9(11(6-8)23-14(15)16)17-13(22)10-4-5-19(18-10)7-12(20)21/h2-6,14H,7H2,1H3,(H,17,22)(H,20,21). The van der Waals surface area contributed by atoms with Crippen molar-refractivity contribution in [3.63, 3.8) is 0 Å². The molecular weight excluding hydrogens is 312 g/mol. The van der Waals surface area contributed by atoms with Gasteiger partial charge in [0, 0.05) is 6.20 Å². The number of alkyl halides is 2. The third kappa shape index (κ3) is 4.50. The van der Waals surface area contributed by atoms with Crippen LogP contribution in [0.25, 0.3) is 0 Å². The minimum absolute atomic E-state index is 0.0465. The number of aromatic nitrogens is 2. The van der Waals surface area contributed by atoms with Crippen LogP contribution in [0, 0.1) is 6.92 Å². The van der Waals surface area contributed by atoms with E-state index in [0.29, 0.717) is 5.56 Å². The average Bonchev–Trinajstić information content (AvgIpc) is 2.89. The summed E-state index contributed by atoms with van der Waals surface area (Å²) in [6.07, 6.45) is 1.33. The normalized spacial score (nSPS) is 10.6. The highest BCUT2D eigenvalue weighted by molar-refractivity contribution is 6.03. The number of hydrogen-bond acceptors (Lipinski definition) is 4. The first kappa shape index (κ1) is 16.4. The number of ether oxygens (including phenoxy) is 1. The Bertz CT molecular complexity index is 731. The maximum absolute atomic E-state index is 12.4. The molecule has 2 aromatic rings. The van der Waals surface area contributed by atoms with E-state index >= 15 is 0 Å². The molecule has 0 spiro atoms. The second-order valence-electron chi connectivity index (χ2n) is 4.62. The summed E-state index contributed by atoms with van der Waals surface area (Å²) in [7, 11) is 0. The molecule has 122 valence electrons. The Hall–Kier alpha value is -2.97. The van der Waals surface area contributed by atoms with Gasteiger partial charge < -0.3 is 15.2 Å². The Morgan fingerprint density at radius 1 is 1.39 bits per heavy atom. The predicted molar refractivity (Wildman–Crippen MR) is 75.6 cm³/mol. The smallest absolute Gasteiger partial charge is 0.387 e. The number of carboxylic acid groups (broad SMARTS) is 1. The molecule has 0 unspecified atom stereocenters. The molecule has 23 heavy (non-hydrogen) atoms. The highest BCUT2D eigenvalue weighted by atomic mass is 19.3. The molecule has 7 nitrogen and oxygen atoms in total. The predicted octanol–water partition coefficient (Wildman–Crippen LogP) is 2.13. The number of hydrogen-bond donors (Lipinski definition) is 2. The van der Waals surface area contributed by atoms with Crippen molar-refractivity contribution in [2.45, 2.75) is 20.1 Å². The zero-order chi connectivity index (χ0) is 17.0. The van der Waals surface area contributed by atoms with Gasteiger partial charge in [0.15, 0.2) is 5.69 Å². The lowest BCUT2D eigenvalue weighted by molar-refractivity contribution is -0.137. The molecule has 0 saturated carbocycles. The third-order valence-electron chi connectivity index (χ3n) is 2.77. The minimum atomic E-state index is -3.03. The van der Waals surface area contributed by atoms with Crippen LogP contribution in [0.1, 0.15) is 16.1 Å². The maximum Gasteiger partial charge on any atom is 0.387 e. The number of benzene rings is 1. The Kier molecular flexibility index (Phi) is 4.89. The van der Waals surface area contributed by atoms with E-state index in [2.05, 4.69) is 15.2 Å². The van der Waals surface area contributed by atoms with Gasteiger partial charge in [-0.05, 0) is 30.7 Å². The molecule has 1 aromatic heterocycles. The number of carboxylic acids is 1. The van der Waals surface area contributed by atoms with Gasteiger partial charge in [-0.25, -0.2) is 0 Å². The van der Waals surface area contributed by atoms with Crippen molar-refractivity contribution in [1.82, 2.24) is 9.78 Å². The van der Waals surface area contributed by atoms with E-state index < -0.39 is 25.0 Å². The van der Waals surface area contributed by atoms with E-state index in [0.717, 1.165) is 4.68 Å². The minimum Gasteiger partial charge on any atom is -0.480 e. The van der Waals surface area contributed by atoms with Crippen LogP contribution in [0.15, 0.2) is 30.5 Å². The number of nitrogens with one attached hydrogen (secondary N) is 1. The molecule has 9 heteroatoms. The molecule has 1 amide bonds. The first-order valence-electron chi connectivity index (χ1n) is 6.47. The summed E-state index contributed by atoms with van der Waals surface area (Å²) in [5.74, 6) is -1.94. The molecular formula is C14H13F2N3O4. The molecule has 1 heterocycles. The molecule has 0 saturated heterocycles. The monoisotopic (exact) mass is 325 g/mol. The van der Waals surface area contributed by atoms with Crippen LogP contribution in [0.3, 0.4) is 0 Å². The number of nitrogens with zero attached hydrogens (tertiary/aromatic N) is 2. The van der Waals surface area contributed by atoms with Gasteiger partial charge in [0.25, 0.3) is 5.91 Å². The van der Waals surface area contributed by atoms with Crippen LogP contribution in [0.4, 0.5) is 14.5 Å². The Morgan fingerprint density at radius 3 is 2.78 bits per heavy atom. The van der Waals surface area contributed by atoms with Gasteiger partial charge in [-0.15, -0.1) is 0 Å². The SMILES string of the molecule is Cc1ccc(NC(=O)c2ccn(CC(=O)O)n2)c(OC(F)F)c1. The largest absolute Gasteiger partial charge is 0.480 e. The number of carbonyl (C=O) groups excluding carboxylic acids is 1. The molecule has 0 radical (unpaired) electrons. The van der Waals surface area contributed by atoms with Gasteiger partial charge in [-0.1, -0.05) is 6.07 Å². The highest BCUT2D eigenvalue weighted by Gasteiger charge is 2.15. The van der Waals surface area contributed by atoms with Crippen LogP contribution in [0.2, 0.25) is 0 Å². The molecule has 2 rings (SSSR count). The zero-order valence-electron chi connectivity index (χ0n) is 12.0. The number of halogens is 2. The zero-order valence-corrected chi connectivity index (χ0v) is 12.0. The van der Waals surface area contributed by atoms with Crippen molar-refractivity contribution >= 4 is 17.6 Å². The van der Waals surface area contributed by atoms with Gasteiger partial charge in [0.05, 0.1) is 5.69 Å². The summed E-state index contributed by atoms with van der Waals surface area (Å²) in [5.41, 5.74) is 0.702. The summed E-state index contributed by atoms with van der Waals surface area (Å²) in [5, 5.41) is 14.8. The maximum atomic E-state index is 12.4. The Morgan fingerprint density at radius 2 is 2.13 bits per heavy atom. The highest BCUT2D eigenvalue weighted by Crippen LogP contribution is 2.27. The van der Waals surface area contributed by atoms with Crippen LogP contribution in [0.5, 0.6) is 5.75 Å². The molecule has 0 fully saturated rings. The topological polar surface area (TPSA) is 93.5 Å². The van der Waals surface area contributed by atoms with Gasteiger partial charge in [-0.2, -0.15) is 13.9 Å². The molecule has 0 aliphatic carbocycles. The van der Waals surface area contributed by atoms with Crippen molar-refractivity contribution in [2.75, 3.05) is 5.32 Å². The Balaban J connectivity index is 2.16. The van der Waals surface area contributed by atoms with E-state index in [1.807, 2.05) is 0 Å². The van der Waals surface area contributed by atoms with E-state index in [1.165, 1.54) is 24.4 Å². The average molecular weight is 325 g/mol. The summed E-state index contributed by atoms with van der Waals surface area (Å²) >= 11 is 0. The van der Waals surface area contributed by atoms with Crippen LogP contribution in [-0.2, 0) is 11.3 Å². The number of aryl methyl sites for hydroxylation is 1. The molecule has 0 aliphatic heterocycles. The van der Waals surface area contributed by atoms with Crippen LogP contribution < -0.4 is 10.1 Å². The third-order valence-corrected chi connectivity index (χ3v) is 2.77. The Labute approximate surface area is 129 Å². The summed E-state index contributed by atoms with van der Waals surface area (Å²) in [4.78, 5) is 22.6. The van der Waals surface area contributed by atoms with Gasteiger partial charge in [0.2, 0.25) is 0 Å². The lowest BCUT2D eigenvalue weighted by Gasteiger charge is -2.12. The van der Waals surface area contributed by atoms with E-state index in [9.17, 15) is 18.4 Å². The lowest BCUT2D eigenvalue weighted by atomic mass is 10.2. The molecule has 0 atom stereocenters. The second-order valence-corrected chi connectivity index (χ2v) is 4.62. The fraction of sp³-hybridized carbons (Fsp3) is 0.214. The number of anilines is 1. The van der Waals surface area contributed by atoms with E-state index in [-0.39, 0.29) is 17.1 Å². The first-order chi connectivity index (χ1) is 10.8. The fourth-order valence-corrected chi connectivity index (χ4v) is 1.82. The van der Waals surface area contributed by atoms with Crippen LogP contribution >= 0.6 is 0 Å². The van der Waals surface area contributed by atoms with Crippen LogP contribution in [-0.4, -0.2) is 33.4 Å². The summed E-state index contributed by atoms with van der Waals surface area (Å²) in [6, 6.07) is 5.74. The van der Waals surface area contributed by atoms with Crippen molar-refractivity contribution in [3.05, 3.63) is 41.7 Å². The number of amides is 1. The van der Waals surface area contributed by atoms with E-state index in [1.54, 1.807) is 13.0 Å². The molecule has 0 aliphatic rings. The molecule has 0 bridgehead atoms. The van der Waals surface area contributed by atoms with Gasteiger partial charge >= 0.3 is 12.6 Å². The van der Waals surface area contributed by atoms with Crippen molar-refractivity contribution in [1.29, 1.82) is 0 Å². The second kappa shape index (κ2) is 6.86.